The first-order valence-corrected chi connectivity index (χ1v) is 9.27. The monoisotopic (exact) mass is 396 g/mol. The van der Waals surface area contributed by atoms with Crippen LogP contribution in [0.4, 0.5) is 0 Å². The molecule has 0 spiro atoms. The van der Waals surface area contributed by atoms with Crippen molar-refractivity contribution in [1.82, 2.24) is 10.0 Å². The molecule has 1 amide bonds. The second kappa shape index (κ2) is 7.72. The summed E-state index contributed by atoms with van der Waals surface area (Å²) >= 11 is 3.26. The van der Waals surface area contributed by atoms with Gasteiger partial charge in [0.05, 0.1) is 4.90 Å². The number of hydrogen-bond donors (Lipinski definition) is 2. The molecule has 0 aromatic heterocycles. The van der Waals surface area contributed by atoms with E-state index >= 15 is 0 Å². The Bertz CT molecular complexity index is 792. The van der Waals surface area contributed by atoms with E-state index < -0.39 is 10.0 Å². The third-order valence-corrected chi connectivity index (χ3v) is 5.55. The number of benzene rings is 2. The van der Waals surface area contributed by atoms with Gasteiger partial charge in [0.25, 0.3) is 5.91 Å². The van der Waals surface area contributed by atoms with E-state index in [9.17, 15) is 13.2 Å². The minimum absolute atomic E-state index is 0.112. The number of hydrogen-bond acceptors (Lipinski definition) is 3. The molecule has 2 aromatic rings. The number of carbonyl (C=O) groups is 1. The summed E-state index contributed by atoms with van der Waals surface area (Å²) < 4.78 is 27.4. The molecule has 0 aliphatic carbocycles. The molecule has 0 aliphatic heterocycles. The molecule has 0 atom stereocenters. The Morgan fingerprint density at radius 3 is 2.43 bits per heavy atom. The summed E-state index contributed by atoms with van der Waals surface area (Å²) in [6.45, 7) is 2.20. The minimum atomic E-state index is -3.62. The van der Waals surface area contributed by atoms with E-state index in [0.717, 1.165) is 5.56 Å². The Labute approximate surface area is 144 Å². The second-order valence-corrected chi connectivity index (χ2v) is 7.54. The Balaban J connectivity index is 1.89. The normalized spacial score (nSPS) is 11.2. The third kappa shape index (κ3) is 4.89. The van der Waals surface area contributed by atoms with Crippen LogP contribution < -0.4 is 10.0 Å². The van der Waals surface area contributed by atoms with Crippen LogP contribution in [0.25, 0.3) is 0 Å². The molecule has 2 rings (SSSR count). The summed E-state index contributed by atoms with van der Waals surface area (Å²) in [5.74, 6) is -0.235. The van der Waals surface area contributed by atoms with Crippen molar-refractivity contribution in [3.05, 3.63) is 64.1 Å². The van der Waals surface area contributed by atoms with Gasteiger partial charge >= 0.3 is 0 Å². The van der Waals surface area contributed by atoms with Crippen molar-refractivity contribution >= 4 is 31.9 Å². The quantitative estimate of drug-likeness (QED) is 0.736. The van der Waals surface area contributed by atoms with Gasteiger partial charge in [0.15, 0.2) is 0 Å². The van der Waals surface area contributed by atoms with Crippen LogP contribution in [0.2, 0.25) is 0 Å². The van der Waals surface area contributed by atoms with E-state index in [2.05, 4.69) is 26.0 Å². The number of halogens is 1. The minimum Gasteiger partial charge on any atom is -0.351 e. The molecule has 0 aliphatic rings. The fraction of sp³-hybridized carbons (Fsp3) is 0.188. The lowest BCUT2D eigenvalue weighted by Gasteiger charge is -2.10. The highest BCUT2D eigenvalue weighted by molar-refractivity contribution is 9.10. The van der Waals surface area contributed by atoms with E-state index in [1.165, 1.54) is 0 Å². The summed E-state index contributed by atoms with van der Waals surface area (Å²) in [5.41, 5.74) is 1.50. The van der Waals surface area contributed by atoms with Crippen LogP contribution >= 0.6 is 15.9 Å². The van der Waals surface area contributed by atoms with Gasteiger partial charge in [-0.15, -0.1) is 0 Å². The maximum Gasteiger partial charge on any atom is 0.251 e. The first-order valence-electron chi connectivity index (χ1n) is 6.99. The van der Waals surface area contributed by atoms with Gasteiger partial charge < -0.3 is 5.32 Å². The maximum atomic E-state index is 12.2. The van der Waals surface area contributed by atoms with Crippen LogP contribution in [0.15, 0.2) is 57.9 Å². The van der Waals surface area contributed by atoms with E-state index in [1.807, 2.05) is 13.0 Å². The lowest BCUT2D eigenvalue weighted by Crippen LogP contribution is -2.34. The largest absolute Gasteiger partial charge is 0.351 e. The zero-order chi connectivity index (χ0) is 16.9. The van der Waals surface area contributed by atoms with Gasteiger partial charge in [0.1, 0.15) is 0 Å². The van der Waals surface area contributed by atoms with Gasteiger partial charge in [-0.1, -0.05) is 24.3 Å². The molecule has 0 heterocycles. The first kappa shape index (κ1) is 17.7. The zero-order valence-corrected chi connectivity index (χ0v) is 14.9. The van der Waals surface area contributed by atoms with Crippen molar-refractivity contribution in [2.45, 2.75) is 11.8 Å². The van der Waals surface area contributed by atoms with Gasteiger partial charge in [-0.3, -0.25) is 4.79 Å². The summed E-state index contributed by atoms with van der Waals surface area (Å²) in [5, 5.41) is 2.67. The van der Waals surface area contributed by atoms with Crippen LogP contribution in [0.3, 0.4) is 0 Å². The van der Waals surface area contributed by atoms with Crippen LogP contribution in [-0.4, -0.2) is 27.4 Å². The number of amides is 1. The topological polar surface area (TPSA) is 75.3 Å². The van der Waals surface area contributed by atoms with Crippen LogP contribution in [0.5, 0.6) is 0 Å². The van der Waals surface area contributed by atoms with Crippen LogP contribution in [-0.2, 0) is 10.0 Å². The summed E-state index contributed by atoms with van der Waals surface area (Å²) in [4.78, 5) is 12.0. The predicted molar refractivity (Wildman–Crippen MR) is 92.8 cm³/mol. The zero-order valence-electron chi connectivity index (χ0n) is 12.5. The van der Waals surface area contributed by atoms with Crippen molar-refractivity contribution in [3.63, 3.8) is 0 Å². The van der Waals surface area contributed by atoms with Crippen molar-refractivity contribution in [2.75, 3.05) is 13.1 Å². The van der Waals surface area contributed by atoms with Gasteiger partial charge in [0, 0.05) is 23.1 Å². The molecule has 0 radical (unpaired) electrons. The number of aryl methyl sites for hydroxylation is 1. The fourth-order valence-electron chi connectivity index (χ4n) is 1.95. The van der Waals surface area contributed by atoms with Crippen molar-refractivity contribution in [2.24, 2.45) is 0 Å². The number of rotatable bonds is 6. The molecule has 2 aromatic carbocycles. The molecule has 0 bridgehead atoms. The molecule has 0 saturated heterocycles. The molecule has 0 fully saturated rings. The molecular formula is C16H17BrN2O3S. The third-order valence-electron chi connectivity index (χ3n) is 3.12. The van der Waals surface area contributed by atoms with Crippen molar-refractivity contribution < 1.29 is 13.2 Å². The molecule has 0 saturated carbocycles. The molecule has 122 valence electrons. The second-order valence-electron chi connectivity index (χ2n) is 4.95. The first-order chi connectivity index (χ1) is 10.9. The molecule has 0 unspecified atom stereocenters. The van der Waals surface area contributed by atoms with Gasteiger partial charge in [-0.05, 0) is 52.7 Å². The average molecular weight is 397 g/mol. The maximum absolute atomic E-state index is 12.2. The van der Waals surface area contributed by atoms with E-state index in [0.29, 0.717) is 10.0 Å². The van der Waals surface area contributed by atoms with Gasteiger partial charge in [-0.25, -0.2) is 13.1 Å². The highest BCUT2D eigenvalue weighted by Crippen LogP contribution is 2.22. The summed E-state index contributed by atoms with van der Waals surface area (Å²) in [7, 11) is -3.62. The molecular weight excluding hydrogens is 380 g/mol. The highest BCUT2D eigenvalue weighted by Gasteiger charge is 2.17. The van der Waals surface area contributed by atoms with Gasteiger partial charge in [-0.2, -0.15) is 0 Å². The Kier molecular flexibility index (Phi) is 5.92. The van der Waals surface area contributed by atoms with Crippen molar-refractivity contribution in [3.8, 4) is 0 Å². The molecule has 5 nitrogen and oxygen atoms in total. The number of carbonyl (C=O) groups excluding carboxylic acids is 1. The Hall–Kier alpha value is -1.70. The summed E-state index contributed by atoms with van der Waals surface area (Å²) in [6.07, 6.45) is 0. The number of nitrogens with one attached hydrogen (secondary N) is 2. The van der Waals surface area contributed by atoms with Crippen LogP contribution in [0.1, 0.15) is 15.9 Å². The lowest BCUT2D eigenvalue weighted by atomic mass is 10.2. The van der Waals surface area contributed by atoms with Crippen LogP contribution in [0, 0.1) is 6.92 Å². The number of sulfonamides is 1. The average Bonchev–Trinajstić information content (AvgIpc) is 2.52. The molecule has 2 N–H and O–H groups in total. The van der Waals surface area contributed by atoms with Crippen molar-refractivity contribution in [1.29, 1.82) is 0 Å². The Morgan fingerprint density at radius 2 is 1.78 bits per heavy atom. The van der Waals surface area contributed by atoms with Gasteiger partial charge in [0.2, 0.25) is 10.0 Å². The predicted octanol–water partition coefficient (Wildman–Crippen LogP) is 2.47. The lowest BCUT2D eigenvalue weighted by molar-refractivity contribution is 0.0954. The van der Waals surface area contributed by atoms with E-state index in [-0.39, 0.29) is 23.9 Å². The molecule has 23 heavy (non-hydrogen) atoms. The molecule has 7 heteroatoms. The van der Waals surface area contributed by atoms with E-state index in [4.69, 9.17) is 0 Å². The standard InChI is InChI=1S/C16H17BrN2O3S/c1-12-7-8-15(14(17)11-12)23(21,22)19-10-9-18-16(20)13-5-3-2-4-6-13/h2-8,11,19H,9-10H2,1H3,(H,18,20). The fourth-order valence-corrected chi connectivity index (χ4v) is 4.18. The smallest absolute Gasteiger partial charge is 0.251 e. The highest BCUT2D eigenvalue weighted by atomic mass is 79.9. The summed E-state index contributed by atoms with van der Waals surface area (Å²) in [6, 6.07) is 13.8. The van der Waals surface area contributed by atoms with E-state index in [1.54, 1.807) is 42.5 Å². The Morgan fingerprint density at radius 1 is 1.09 bits per heavy atom. The SMILES string of the molecule is Cc1ccc(S(=O)(=O)NCCNC(=O)c2ccccc2)c(Br)c1.